The number of halogens is 3. The third-order valence-corrected chi connectivity index (χ3v) is 8.45. The van der Waals surface area contributed by atoms with Crippen LogP contribution in [0.1, 0.15) is 50.4 Å². The van der Waals surface area contributed by atoms with Gasteiger partial charge in [0.05, 0.1) is 33.1 Å². The maximum Gasteiger partial charge on any atom is 0.416 e. The van der Waals surface area contributed by atoms with E-state index in [1.54, 1.807) is 54.1 Å². The number of carboxylic acid groups (broad SMARTS) is 1. The SMILES string of the molecule is C[C@H](NC(=O)c1cc(-c2cccc(S(C)(=O)=O)c2)cc2ccn(Cc3ccc(C(F)(F)F)cc3)c12)c1ccc(C(=O)O)cc1. The minimum absolute atomic E-state index is 0.110. The summed E-state index contributed by atoms with van der Waals surface area (Å²) in [6.45, 7) is 1.95. The van der Waals surface area contributed by atoms with E-state index in [1.807, 2.05) is 6.07 Å². The Kier molecular flexibility index (Phi) is 8.09. The van der Waals surface area contributed by atoms with E-state index in [4.69, 9.17) is 0 Å². The van der Waals surface area contributed by atoms with Gasteiger partial charge in [0.15, 0.2) is 9.84 Å². The number of nitrogens with one attached hydrogen (secondary N) is 1. The van der Waals surface area contributed by atoms with Crippen LogP contribution in [0.25, 0.3) is 22.0 Å². The van der Waals surface area contributed by atoms with Gasteiger partial charge in [0.2, 0.25) is 0 Å². The van der Waals surface area contributed by atoms with E-state index in [1.165, 1.54) is 36.4 Å². The molecule has 11 heteroatoms. The Labute approximate surface area is 251 Å². The Morgan fingerprint density at radius 2 is 1.59 bits per heavy atom. The minimum atomic E-state index is -4.46. The second kappa shape index (κ2) is 11.6. The molecule has 0 saturated heterocycles. The number of amides is 1. The Morgan fingerprint density at radius 3 is 2.20 bits per heavy atom. The van der Waals surface area contributed by atoms with Crippen LogP contribution in [0.5, 0.6) is 0 Å². The average Bonchev–Trinajstić information content (AvgIpc) is 3.38. The Hall–Kier alpha value is -4.90. The third kappa shape index (κ3) is 6.52. The second-order valence-electron chi connectivity index (χ2n) is 10.5. The summed E-state index contributed by atoms with van der Waals surface area (Å²) in [6, 6.07) is 22.1. The van der Waals surface area contributed by atoms with Crippen molar-refractivity contribution in [2.45, 2.75) is 30.6 Å². The van der Waals surface area contributed by atoms with Crippen molar-refractivity contribution >= 4 is 32.6 Å². The Bertz CT molecular complexity index is 1980. The van der Waals surface area contributed by atoms with E-state index in [0.29, 0.717) is 33.2 Å². The van der Waals surface area contributed by atoms with E-state index < -0.39 is 39.5 Å². The average molecular weight is 621 g/mol. The number of sulfone groups is 1. The summed E-state index contributed by atoms with van der Waals surface area (Å²) in [7, 11) is -3.49. The summed E-state index contributed by atoms with van der Waals surface area (Å²) in [5, 5.41) is 12.8. The molecule has 5 rings (SSSR count). The van der Waals surface area contributed by atoms with Gasteiger partial charge in [-0.05, 0) is 83.8 Å². The number of hydrogen-bond donors (Lipinski definition) is 2. The molecule has 0 radical (unpaired) electrons. The fourth-order valence-corrected chi connectivity index (χ4v) is 5.66. The zero-order valence-corrected chi connectivity index (χ0v) is 24.4. The summed E-state index contributed by atoms with van der Waals surface area (Å²) in [5.41, 5.74) is 2.61. The molecule has 4 aromatic carbocycles. The highest BCUT2D eigenvalue weighted by Crippen LogP contribution is 2.32. The van der Waals surface area contributed by atoms with Gasteiger partial charge in [-0.25, -0.2) is 13.2 Å². The molecule has 0 aliphatic rings. The first-order valence-electron chi connectivity index (χ1n) is 13.4. The van der Waals surface area contributed by atoms with Crippen molar-refractivity contribution in [1.82, 2.24) is 9.88 Å². The molecule has 1 aromatic heterocycles. The molecule has 0 unspecified atom stereocenters. The van der Waals surface area contributed by atoms with Crippen LogP contribution in [0.2, 0.25) is 0 Å². The lowest BCUT2D eigenvalue weighted by Crippen LogP contribution is -2.27. The van der Waals surface area contributed by atoms with Crippen LogP contribution in [-0.4, -0.2) is 36.2 Å². The molecule has 0 aliphatic carbocycles. The second-order valence-corrected chi connectivity index (χ2v) is 12.5. The highest BCUT2D eigenvalue weighted by Gasteiger charge is 2.30. The number of benzene rings is 4. The van der Waals surface area contributed by atoms with Gasteiger partial charge in [-0.1, -0.05) is 36.4 Å². The van der Waals surface area contributed by atoms with Crippen molar-refractivity contribution < 1.29 is 36.3 Å². The molecule has 44 heavy (non-hydrogen) atoms. The van der Waals surface area contributed by atoms with Crippen molar-refractivity contribution in [2.75, 3.05) is 6.26 Å². The van der Waals surface area contributed by atoms with E-state index in [9.17, 15) is 36.3 Å². The monoisotopic (exact) mass is 620 g/mol. The van der Waals surface area contributed by atoms with Crippen LogP contribution in [0.15, 0.2) is 102 Å². The molecular formula is C33H27F3N2O5S. The van der Waals surface area contributed by atoms with Crippen LogP contribution in [0, 0.1) is 0 Å². The summed E-state index contributed by atoms with van der Waals surface area (Å²) in [5.74, 6) is -1.51. The third-order valence-electron chi connectivity index (χ3n) is 7.34. The van der Waals surface area contributed by atoms with Crippen LogP contribution < -0.4 is 5.32 Å². The number of carbonyl (C=O) groups is 2. The molecule has 0 aliphatic heterocycles. The molecule has 1 atom stereocenters. The topological polar surface area (TPSA) is 105 Å². The van der Waals surface area contributed by atoms with Gasteiger partial charge in [-0.2, -0.15) is 13.2 Å². The number of aromatic carboxylic acids is 1. The van der Waals surface area contributed by atoms with Gasteiger partial charge in [0, 0.05) is 24.4 Å². The van der Waals surface area contributed by atoms with E-state index in [0.717, 1.165) is 18.4 Å². The highest BCUT2D eigenvalue weighted by atomic mass is 32.2. The minimum Gasteiger partial charge on any atom is -0.478 e. The number of hydrogen-bond acceptors (Lipinski definition) is 4. The maximum absolute atomic E-state index is 13.8. The molecular weight excluding hydrogens is 593 g/mol. The molecule has 1 heterocycles. The van der Waals surface area contributed by atoms with Crippen molar-refractivity contribution in [1.29, 1.82) is 0 Å². The standard InChI is InChI=1S/C33H27F3N2O5S/c1-20(22-8-10-23(11-9-22)32(40)41)37-31(39)29-18-26(24-4-3-5-28(17-24)44(2,42)43)16-25-14-15-38(30(25)29)19-21-6-12-27(13-7-21)33(34,35)36/h3-18,20H,19H2,1-2H3,(H,37,39)(H,40,41)/t20-/m0/s1. The van der Waals surface area contributed by atoms with Crippen LogP contribution in [-0.2, 0) is 22.6 Å². The molecule has 7 nitrogen and oxygen atoms in total. The van der Waals surface area contributed by atoms with Crippen molar-refractivity contribution in [2.24, 2.45) is 0 Å². The predicted molar refractivity (Wildman–Crippen MR) is 160 cm³/mol. The lowest BCUT2D eigenvalue weighted by Gasteiger charge is -2.17. The summed E-state index contributed by atoms with van der Waals surface area (Å²) < 4.78 is 65.5. The van der Waals surface area contributed by atoms with Crippen LogP contribution in [0.3, 0.4) is 0 Å². The van der Waals surface area contributed by atoms with Gasteiger partial charge in [0.25, 0.3) is 5.91 Å². The Morgan fingerprint density at radius 1 is 0.909 bits per heavy atom. The van der Waals surface area contributed by atoms with Gasteiger partial charge in [0.1, 0.15) is 0 Å². The number of fused-ring (bicyclic) bond motifs is 1. The molecule has 0 saturated carbocycles. The molecule has 0 spiro atoms. The first-order valence-corrected chi connectivity index (χ1v) is 15.3. The van der Waals surface area contributed by atoms with Gasteiger partial charge < -0.3 is 15.0 Å². The number of carbonyl (C=O) groups excluding carboxylic acids is 1. The van der Waals surface area contributed by atoms with Crippen molar-refractivity contribution in [3.63, 3.8) is 0 Å². The van der Waals surface area contributed by atoms with Gasteiger partial charge in [-0.3, -0.25) is 4.79 Å². The molecule has 5 aromatic rings. The number of nitrogens with zero attached hydrogens (tertiary/aromatic N) is 1. The summed E-state index contributed by atoms with van der Waals surface area (Å²) in [6.07, 6.45) is -1.61. The smallest absolute Gasteiger partial charge is 0.416 e. The lowest BCUT2D eigenvalue weighted by molar-refractivity contribution is -0.137. The Balaban J connectivity index is 1.57. The van der Waals surface area contributed by atoms with Gasteiger partial charge in [-0.15, -0.1) is 0 Å². The molecule has 2 N–H and O–H groups in total. The molecule has 0 fully saturated rings. The number of carboxylic acids is 1. The summed E-state index contributed by atoms with van der Waals surface area (Å²) >= 11 is 0. The van der Waals surface area contributed by atoms with E-state index >= 15 is 0 Å². The zero-order chi connectivity index (χ0) is 31.8. The number of alkyl halides is 3. The van der Waals surface area contributed by atoms with Crippen molar-refractivity contribution in [3.05, 3.63) is 125 Å². The first kappa shape index (κ1) is 30.6. The lowest BCUT2D eigenvalue weighted by atomic mass is 9.99. The predicted octanol–water partition coefficient (Wildman–Crippen LogP) is 6.97. The van der Waals surface area contributed by atoms with E-state index in [2.05, 4.69) is 5.32 Å². The maximum atomic E-state index is 13.8. The number of aromatic nitrogens is 1. The zero-order valence-electron chi connectivity index (χ0n) is 23.6. The largest absolute Gasteiger partial charge is 0.478 e. The quantitative estimate of drug-likeness (QED) is 0.195. The normalized spacial score (nSPS) is 12.7. The number of rotatable bonds is 8. The molecule has 226 valence electrons. The van der Waals surface area contributed by atoms with Crippen molar-refractivity contribution in [3.8, 4) is 11.1 Å². The van der Waals surface area contributed by atoms with Gasteiger partial charge >= 0.3 is 12.1 Å². The first-order chi connectivity index (χ1) is 20.7. The summed E-state index contributed by atoms with van der Waals surface area (Å²) in [4.78, 5) is 25.2. The van der Waals surface area contributed by atoms with Crippen LogP contribution >= 0.6 is 0 Å². The highest BCUT2D eigenvalue weighted by molar-refractivity contribution is 7.90. The van der Waals surface area contributed by atoms with E-state index in [-0.39, 0.29) is 22.6 Å². The fraction of sp³-hybridized carbons (Fsp3) is 0.152. The fourth-order valence-electron chi connectivity index (χ4n) is 5.00. The van der Waals surface area contributed by atoms with Crippen LogP contribution in [0.4, 0.5) is 13.2 Å². The molecule has 1 amide bonds. The molecule has 0 bridgehead atoms.